The number of hydrogen-bond acceptors (Lipinski definition) is 4. The monoisotopic (exact) mass is 394 g/mol. The summed E-state index contributed by atoms with van der Waals surface area (Å²) < 4.78 is 65.5. The van der Waals surface area contributed by atoms with Crippen LogP contribution in [0.2, 0.25) is 5.02 Å². The van der Waals surface area contributed by atoms with E-state index >= 15 is 0 Å². The number of carbonyl (C=O) groups is 1. The normalized spacial score (nSPS) is 12.0. The second kappa shape index (κ2) is 6.52. The number of halogens is 4. The fourth-order valence-electron chi connectivity index (χ4n) is 1.96. The lowest BCUT2D eigenvalue weighted by molar-refractivity contribution is -0.138. The van der Waals surface area contributed by atoms with Crippen molar-refractivity contribution in [2.75, 3.05) is 4.72 Å². The average molecular weight is 395 g/mol. The lowest BCUT2D eigenvalue weighted by Crippen LogP contribution is -2.18. The molecule has 6 nitrogen and oxygen atoms in total. The Morgan fingerprint density at radius 1 is 1.28 bits per heavy atom. The lowest BCUT2D eigenvalue weighted by Gasteiger charge is -2.14. The lowest BCUT2D eigenvalue weighted by atomic mass is 10.1. The highest BCUT2D eigenvalue weighted by molar-refractivity contribution is 7.92. The molecule has 0 bridgehead atoms. The number of nitrogens with zero attached hydrogens (tertiary/aromatic N) is 1. The van der Waals surface area contributed by atoms with Gasteiger partial charge < -0.3 is 5.11 Å². The molecule has 2 N–H and O–H groups in total. The van der Waals surface area contributed by atoms with E-state index < -0.39 is 44.0 Å². The van der Waals surface area contributed by atoms with Crippen molar-refractivity contribution in [2.24, 2.45) is 0 Å². The second-order valence-electron chi connectivity index (χ2n) is 4.90. The minimum Gasteiger partial charge on any atom is -0.476 e. The molecule has 25 heavy (non-hydrogen) atoms. The molecule has 1 aromatic heterocycles. The summed E-state index contributed by atoms with van der Waals surface area (Å²) in [5, 5.41) is 8.78. The number of pyridine rings is 1. The zero-order valence-electron chi connectivity index (χ0n) is 12.4. The summed E-state index contributed by atoms with van der Waals surface area (Å²) in [4.78, 5) is 13.9. The molecule has 0 atom stereocenters. The zero-order valence-corrected chi connectivity index (χ0v) is 14.0. The van der Waals surface area contributed by atoms with Crippen LogP contribution in [0.3, 0.4) is 0 Å². The number of aryl methyl sites for hydroxylation is 1. The van der Waals surface area contributed by atoms with Gasteiger partial charge in [0, 0.05) is 6.20 Å². The van der Waals surface area contributed by atoms with Crippen LogP contribution in [-0.2, 0) is 16.2 Å². The molecule has 134 valence electrons. The Bertz CT molecular complexity index is 946. The van der Waals surface area contributed by atoms with Crippen molar-refractivity contribution in [1.29, 1.82) is 0 Å². The molecule has 0 spiro atoms. The van der Waals surface area contributed by atoms with Crippen molar-refractivity contribution in [1.82, 2.24) is 4.98 Å². The summed E-state index contributed by atoms with van der Waals surface area (Å²) in [5.74, 6) is -1.56. The highest BCUT2D eigenvalue weighted by Gasteiger charge is 2.34. The minimum atomic E-state index is -4.74. The summed E-state index contributed by atoms with van der Waals surface area (Å²) in [6, 6.07) is 3.57. The van der Waals surface area contributed by atoms with E-state index in [4.69, 9.17) is 16.7 Å². The summed E-state index contributed by atoms with van der Waals surface area (Å²) in [6.07, 6.45) is -3.69. The van der Waals surface area contributed by atoms with Crippen LogP contribution >= 0.6 is 11.6 Å². The zero-order chi connectivity index (χ0) is 19.0. The van der Waals surface area contributed by atoms with Gasteiger partial charge in [0.15, 0.2) is 5.69 Å². The van der Waals surface area contributed by atoms with E-state index in [1.807, 2.05) is 4.72 Å². The van der Waals surface area contributed by atoms with Crippen LogP contribution in [0.4, 0.5) is 18.9 Å². The fourth-order valence-corrected chi connectivity index (χ4v) is 3.33. The molecule has 11 heteroatoms. The van der Waals surface area contributed by atoms with Crippen LogP contribution < -0.4 is 4.72 Å². The standard InChI is InChI=1S/C14H10ClF3N2O4S/c1-7-2-3-8(6-9(7)14(16,17)18)25(23,24)20-11-10(15)4-5-19-12(11)13(21)22/h2-6,20H,1H3,(H,21,22). The number of benzene rings is 1. The van der Waals surface area contributed by atoms with Gasteiger partial charge in [0.2, 0.25) is 0 Å². The van der Waals surface area contributed by atoms with Crippen LogP contribution in [0, 0.1) is 6.92 Å². The number of carboxylic acid groups (broad SMARTS) is 1. The summed E-state index contributed by atoms with van der Waals surface area (Å²) >= 11 is 5.79. The van der Waals surface area contributed by atoms with Gasteiger partial charge in [-0.15, -0.1) is 0 Å². The SMILES string of the molecule is Cc1ccc(S(=O)(=O)Nc2c(Cl)ccnc2C(=O)O)cc1C(F)(F)F. The highest BCUT2D eigenvalue weighted by Crippen LogP contribution is 2.34. The topological polar surface area (TPSA) is 96.4 Å². The molecule has 0 fully saturated rings. The third-order valence-electron chi connectivity index (χ3n) is 3.16. The van der Waals surface area contributed by atoms with Crippen LogP contribution in [-0.4, -0.2) is 24.5 Å². The first-order valence-electron chi connectivity index (χ1n) is 6.52. The molecule has 1 aromatic carbocycles. The summed E-state index contributed by atoms with van der Waals surface area (Å²) in [5.41, 5.74) is -2.49. The number of alkyl halides is 3. The Morgan fingerprint density at radius 3 is 2.48 bits per heavy atom. The maximum Gasteiger partial charge on any atom is 0.416 e. The molecular weight excluding hydrogens is 385 g/mol. The largest absolute Gasteiger partial charge is 0.476 e. The van der Waals surface area contributed by atoms with Crippen molar-refractivity contribution in [3.8, 4) is 0 Å². The highest BCUT2D eigenvalue weighted by atomic mass is 35.5. The van der Waals surface area contributed by atoms with Crippen LogP contribution in [0.1, 0.15) is 21.6 Å². The van der Waals surface area contributed by atoms with Crippen molar-refractivity contribution in [3.05, 3.63) is 52.3 Å². The van der Waals surface area contributed by atoms with Gasteiger partial charge in [0.25, 0.3) is 10.0 Å². The number of aromatic carboxylic acids is 1. The quantitative estimate of drug-likeness (QED) is 0.826. The number of nitrogens with one attached hydrogen (secondary N) is 1. The summed E-state index contributed by atoms with van der Waals surface area (Å²) in [6.45, 7) is 1.19. The third-order valence-corrected chi connectivity index (χ3v) is 4.83. The molecule has 0 unspecified atom stereocenters. The molecular formula is C14H10ClF3N2O4S. The predicted octanol–water partition coefficient (Wildman–Crippen LogP) is 3.56. The van der Waals surface area contributed by atoms with Gasteiger partial charge >= 0.3 is 12.1 Å². The van der Waals surface area contributed by atoms with Crippen molar-refractivity contribution >= 4 is 33.3 Å². The molecule has 0 aliphatic rings. The van der Waals surface area contributed by atoms with Crippen molar-refractivity contribution in [2.45, 2.75) is 18.0 Å². The maximum atomic E-state index is 13.0. The van der Waals surface area contributed by atoms with Crippen molar-refractivity contribution in [3.63, 3.8) is 0 Å². The van der Waals surface area contributed by atoms with E-state index in [-0.39, 0.29) is 10.6 Å². The third kappa shape index (κ3) is 4.02. The van der Waals surface area contributed by atoms with Gasteiger partial charge in [-0.2, -0.15) is 13.2 Å². The van der Waals surface area contributed by atoms with Gasteiger partial charge in [-0.3, -0.25) is 4.72 Å². The van der Waals surface area contributed by atoms with E-state index in [0.29, 0.717) is 6.07 Å². The first-order valence-corrected chi connectivity index (χ1v) is 8.38. The maximum absolute atomic E-state index is 13.0. The van der Waals surface area contributed by atoms with E-state index in [9.17, 15) is 26.4 Å². The number of aromatic nitrogens is 1. The summed E-state index contributed by atoms with van der Waals surface area (Å²) in [7, 11) is -4.53. The molecule has 0 saturated carbocycles. The van der Waals surface area contributed by atoms with E-state index in [1.165, 1.54) is 6.92 Å². The Balaban J connectivity index is 2.54. The smallest absolute Gasteiger partial charge is 0.416 e. The van der Waals surface area contributed by atoms with E-state index in [0.717, 1.165) is 24.4 Å². The molecule has 0 aliphatic heterocycles. The van der Waals surface area contributed by atoms with Crippen LogP contribution in [0.15, 0.2) is 35.4 Å². The van der Waals surface area contributed by atoms with E-state index in [1.54, 1.807) is 0 Å². The molecule has 1 heterocycles. The minimum absolute atomic E-state index is 0.155. The first kappa shape index (κ1) is 19.0. The molecule has 2 aromatic rings. The molecule has 0 radical (unpaired) electrons. The Morgan fingerprint density at radius 2 is 1.92 bits per heavy atom. The average Bonchev–Trinajstić information content (AvgIpc) is 2.48. The van der Waals surface area contributed by atoms with Gasteiger partial charge in [-0.25, -0.2) is 18.2 Å². The molecule has 0 saturated heterocycles. The molecule has 0 aliphatic carbocycles. The fraction of sp³-hybridized carbons (Fsp3) is 0.143. The Kier molecular flexibility index (Phi) is 4.96. The van der Waals surface area contributed by atoms with Gasteiger partial charge in [0.05, 0.1) is 15.5 Å². The van der Waals surface area contributed by atoms with Crippen LogP contribution in [0.25, 0.3) is 0 Å². The van der Waals surface area contributed by atoms with Gasteiger partial charge in [0.1, 0.15) is 5.69 Å². The molecule has 2 rings (SSSR count). The van der Waals surface area contributed by atoms with Gasteiger partial charge in [-0.1, -0.05) is 17.7 Å². The Hall–Kier alpha value is -2.33. The number of rotatable bonds is 4. The first-order chi connectivity index (χ1) is 11.4. The van der Waals surface area contributed by atoms with E-state index in [2.05, 4.69) is 4.98 Å². The van der Waals surface area contributed by atoms with Crippen molar-refractivity contribution < 1.29 is 31.5 Å². The molecule has 0 amide bonds. The number of anilines is 1. The number of hydrogen-bond donors (Lipinski definition) is 2. The van der Waals surface area contributed by atoms with Crippen LogP contribution in [0.5, 0.6) is 0 Å². The number of carboxylic acids is 1. The predicted molar refractivity (Wildman–Crippen MR) is 83.2 cm³/mol. The second-order valence-corrected chi connectivity index (χ2v) is 6.99. The number of sulfonamides is 1. The Labute approximate surface area is 145 Å². The van der Waals surface area contributed by atoms with Gasteiger partial charge in [-0.05, 0) is 30.7 Å².